The third-order valence-electron chi connectivity index (χ3n) is 3.97. The summed E-state index contributed by atoms with van der Waals surface area (Å²) in [5.41, 5.74) is 2.72. The molecule has 3 aromatic rings. The van der Waals surface area contributed by atoms with Gasteiger partial charge in [0.25, 0.3) is 0 Å². The van der Waals surface area contributed by atoms with Gasteiger partial charge in [-0.05, 0) is 20.3 Å². The summed E-state index contributed by atoms with van der Waals surface area (Å²) in [7, 11) is 1.88. The molecular formula is C15H21N7O. The van der Waals surface area contributed by atoms with Gasteiger partial charge in [-0.3, -0.25) is 9.48 Å². The highest BCUT2D eigenvalue weighted by atomic mass is 16.2. The van der Waals surface area contributed by atoms with Gasteiger partial charge in [-0.2, -0.15) is 10.2 Å². The fraction of sp³-hybridized carbons (Fsp3) is 0.467. The van der Waals surface area contributed by atoms with Crippen molar-refractivity contribution in [3.05, 3.63) is 30.6 Å². The number of hydrogen-bond donors (Lipinski definition) is 1. The Morgan fingerprint density at radius 2 is 2.26 bits per heavy atom. The Morgan fingerprint density at radius 1 is 1.43 bits per heavy atom. The first-order valence-electron chi connectivity index (χ1n) is 7.68. The number of hydrogen-bond acceptors (Lipinski definition) is 4. The van der Waals surface area contributed by atoms with Gasteiger partial charge in [0.15, 0.2) is 0 Å². The first kappa shape index (κ1) is 15.3. The van der Waals surface area contributed by atoms with Crippen LogP contribution < -0.4 is 5.32 Å². The fourth-order valence-corrected chi connectivity index (χ4v) is 2.71. The molecule has 0 aliphatic rings. The van der Waals surface area contributed by atoms with Crippen LogP contribution in [-0.2, 0) is 18.4 Å². The minimum atomic E-state index is -0.372. The lowest BCUT2D eigenvalue weighted by Gasteiger charge is -2.13. The van der Waals surface area contributed by atoms with E-state index in [0.29, 0.717) is 6.54 Å². The van der Waals surface area contributed by atoms with E-state index in [0.717, 1.165) is 29.7 Å². The smallest absolute Gasteiger partial charge is 0.244 e. The van der Waals surface area contributed by atoms with Gasteiger partial charge in [-0.25, -0.2) is 9.67 Å². The van der Waals surface area contributed by atoms with Crippen molar-refractivity contribution < 1.29 is 4.79 Å². The summed E-state index contributed by atoms with van der Waals surface area (Å²) >= 11 is 0. The van der Waals surface area contributed by atoms with Crippen LogP contribution in [0.3, 0.4) is 0 Å². The molecule has 0 fully saturated rings. The maximum absolute atomic E-state index is 12.3. The molecule has 0 aliphatic carbocycles. The molecule has 3 rings (SSSR count). The van der Waals surface area contributed by atoms with E-state index in [-0.39, 0.29) is 11.9 Å². The molecule has 23 heavy (non-hydrogen) atoms. The monoisotopic (exact) mass is 315 g/mol. The summed E-state index contributed by atoms with van der Waals surface area (Å²) in [5, 5.41) is 11.7. The zero-order chi connectivity index (χ0) is 16.4. The summed E-state index contributed by atoms with van der Waals surface area (Å²) in [4.78, 5) is 16.3. The maximum atomic E-state index is 12.3. The number of fused-ring (bicyclic) bond motifs is 1. The van der Waals surface area contributed by atoms with Gasteiger partial charge in [0.05, 0.1) is 18.2 Å². The maximum Gasteiger partial charge on any atom is 0.244 e. The number of carbonyl (C=O) groups excluding carboxylic acids is 1. The number of imidazole rings is 1. The van der Waals surface area contributed by atoms with E-state index < -0.39 is 0 Å². The second kappa shape index (κ2) is 6.23. The van der Waals surface area contributed by atoms with Crippen LogP contribution in [0, 0.1) is 6.92 Å². The first-order valence-corrected chi connectivity index (χ1v) is 7.68. The largest absolute Gasteiger partial charge is 0.354 e. The van der Waals surface area contributed by atoms with Crippen molar-refractivity contribution in [1.29, 1.82) is 0 Å². The minimum absolute atomic E-state index is 0.0381. The molecule has 3 aromatic heterocycles. The number of nitrogens with one attached hydrogen (secondary N) is 1. The molecule has 1 atom stereocenters. The SMILES string of the molecule is Cc1nn(C)c2cnn([C@H](C)C(=O)NCCCn3ccnc3)c12. The Balaban J connectivity index is 1.60. The third kappa shape index (κ3) is 2.96. The molecule has 0 saturated heterocycles. The third-order valence-corrected chi connectivity index (χ3v) is 3.97. The highest BCUT2D eigenvalue weighted by Crippen LogP contribution is 2.20. The van der Waals surface area contributed by atoms with E-state index in [1.54, 1.807) is 28.1 Å². The lowest BCUT2D eigenvalue weighted by molar-refractivity contribution is -0.124. The van der Waals surface area contributed by atoms with Crippen LogP contribution in [0.1, 0.15) is 25.1 Å². The van der Waals surface area contributed by atoms with Crippen molar-refractivity contribution >= 4 is 16.9 Å². The van der Waals surface area contributed by atoms with Crippen molar-refractivity contribution in [3.63, 3.8) is 0 Å². The van der Waals surface area contributed by atoms with Crippen LogP contribution in [0.2, 0.25) is 0 Å². The summed E-state index contributed by atoms with van der Waals surface area (Å²) < 4.78 is 5.51. The van der Waals surface area contributed by atoms with E-state index in [9.17, 15) is 4.79 Å². The van der Waals surface area contributed by atoms with Gasteiger partial charge in [0.1, 0.15) is 17.1 Å². The lowest BCUT2D eigenvalue weighted by Crippen LogP contribution is -2.32. The fourth-order valence-electron chi connectivity index (χ4n) is 2.71. The van der Waals surface area contributed by atoms with Gasteiger partial charge in [-0.15, -0.1) is 0 Å². The highest BCUT2D eigenvalue weighted by molar-refractivity contribution is 5.84. The topological polar surface area (TPSA) is 82.6 Å². The van der Waals surface area contributed by atoms with Gasteiger partial charge in [0.2, 0.25) is 5.91 Å². The Kier molecular flexibility index (Phi) is 4.14. The van der Waals surface area contributed by atoms with Crippen LogP contribution in [-0.4, -0.2) is 41.6 Å². The molecule has 1 amide bonds. The summed E-state index contributed by atoms with van der Waals surface area (Å²) in [6, 6.07) is -0.372. The molecule has 0 bridgehead atoms. The Labute approximate surface area is 134 Å². The number of carbonyl (C=O) groups is 1. The molecule has 0 aliphatic heterocycles. The van der Waals surface area contributed by atoms with E-state index in [4.69, 9.17) is 0 Å². The number of nitrogens with zero attached hydrogens (tertiary/aromatic N) is 6. The van der Waals surface area contributed by atoms with Crippen LogP contribution in [0.5, 0.6) is 0 Å². The predicted octanol–water partition coefficient (Wildman–Crippen LogP) is 1.04. The molecule has 8 nitrogen and oxygen atoms in total. The molecule has 0 saturated carbocycles. The van der Waals surface area contributed by atoms with E-state index in [1.165, 1.54) is 0 Å². The van der Waals surface area contributed by atoms with Crippen molar-refractivity contribution in [3.8, 4) is 0 Å². The summed E-state index contributed by atoms with van der Waals surface area (Å²) in [6.45, 7) is 5.24. The van der Waals surface area contributed by atoms with E-state index >= 15 is 0 Å². The average molecular weight is 315 g/mol. The molecule has 0 unspecified atom stereocenters. The lowest BCUT2D eigenvalue weighted by atomic mass is 10.3. The van der Waals surface area contributed by atoms with Crippen molar-refractivity contribution in [2.75, 3.05) is 6.54 Å². The molecule has 122 valence electrons. The quantitative estimate of drug-likeness (QED) is 0.689. The van der Waals surface area contributed by atoms with E-state index in [1.807, 2.05) is 31.7 Å². The first-order chi connectivity index (χ1) is 11.1. The normalized spacial score (nSPS) is 12.7. The van der Waals surface area contributed by atoms with Gasteiger partial charge in [0, 0.05) is 32.5 Å². The van der Waals surface area contributed by atoms with Crippen LogP contribution in [0.4, 0.5) is 0 Å². The van der Waals surface area contributed by atoms with E-state index in [2.05, 4.69) is 20.5 Å². The Bertz CT molecular complexity index is 799. The predicted molar refractivity (Wildman–Crippen MR) is 85.8 cm³/mol. The van der Waals surface area contributed by atoms with Gasteiger partial charge < -0.3 is 9.88 Å². The standard InChI is InChI=1S/C15H21N7O/c1-11-14-13(20(3)19-11)9-18-22(14)12(2)15(23)17-5-4-7-21-8-6-16-10-21/h6,8-10,12H,4-5,7H2,1-3H3,(H,17,23)/t12-/m1/s1. The zero-order valence-corrected chi connectivity index (χ0v) is 13.6. The number of aromatic nitrogens is 6. The molecule has 0 spiro atoms. The van der Waals surface area contributed by atoms with Crippen LogP contribution in [0.15, 0.2) is 24.9 Å². The molecule has 1 N–H and O–H groups in total. The van der Waals surface area contributed by atoms with Crippen LogP contribution >= 0.6 is 0 Å². The highest BCUT2D eigenvalue weighted by Gasteiger charge is 2.20. The Hall–Kier alpha value is -2.64. The molecular weight excluding hydrogens is 294 g/mol. The van der Waals surface area contributed by atoms with Crippen molar-refractivity contribution in [2.24, 2.45) is 7.05 Å². The summed E-state index contributed by atoms with van der Waals surface area (Å²) in [6.07, 6.45) is 8.04. The number of amides is 1. The van der Waals surface area contributed by atoms with Gasteiger partial charge in [-0.1, -0.05) is 0 Å². The minimum Gasteiger partial charge on any atom is -0.354 e. The second-order valence-electron chi connectivity index (χ2n) is 5.65. The molecule has 0 aromatic carbocycles. The average Bonchev–Trinajstić information content (AvgIpc) is 3.23. The van der Waals surface area contributed by atoms with Crippen LogP contribution in [0.25, 0.3) is 11.0 Å². The van der Waals surface area contributed by atoms with Gasteiger partial charge >= 0.3 is 0 Å². The molecule has 3 heterocycles. The van der Waals surface area contributed by atoms with Crippen molar-refractivity contribution in [1.82, 2.24) is 34.4 Å². The van der Waals surface area contributed by atoms with Crippen molar-refractivity contribution in [2.45, 2.75) is 32.9 Å². The molecule has 8 heteroatoms. The second-order valence-corrected chi connectivity index (χ2v) is 5.65. The zero-order valence-electron chi connectivity index (χ0n) is 13.6. The number of rotatable bonds is 6. The molecule has 0 radical (unpaired) electrons. The number of aryl methyl sites for hydroxylation is 3. The Morgan fingerprint density at radius 3 is 3.00 bits per heavy atom. The summed E-state index contributed by atoms with van der Waals surface area (Å²) in [5.74, 6) is -0.0381.